The van der Waals surface area contributed by atoms with Crippen LogP contribution in [-0.2, 0) is 11.3 Å². The number of piperazine rings is 1. The minimum atomic E-state index is -0.206. The summed E-state index contributed by atoms with van der Waals surface area (Å²) in [4.78, 5) is 17.3. The van der Waals surface area contributed by atoms with Crippen molar-refractivity contribution in [2.45, 2.75) is 23.9 Å². The van der Waals surface area contributed by atoms with Crippen LogP contribution in [0.15, 0.2) is 72.1 Å². The van der Waals surface area contributed by atoms with Gasteiger partial charge in [-0.25, -0.2) is 0 Å². The van der Waals surface area contributed by atoms with Gasteiger partial charge in [-0.05, 0) is 24.6 Å². The van der Waals surface area contributed by atoms with Crippen LogP contribution >= 0.6 is 11.8 Å². The Hall–Kier alpha value is -2.64. The fourth-order valence-electron chi connectivity index (χ4n) is 3.50. The highest BCUT2D eigenvalue weighted by Gasteiger charge is 2.26. The molecule has 4 rings (SSSR count). The number of carbonyl (C=O) groups excluding carboxylic acids is 1. The number of hydrogen-bond donors (Lipinski definition) is 0. The number of rotatable bonds is 6. The lowest BCUT2D eigenvalue weighted by molar-refractivity contribution is -0.132. The molecule has 1 saturated heterocycles. The zero-order valence-corrected chi connectivity index (χ0v) is 17.3. The molecule has 3 aromatic rings. The third kappa shape index (κ3) is 4.86. The molecule has 6 nitrogen and oxygen atoms in total. The molecule has 1 aliphatic rings. The van der Waals surface area contributed by atoms with Gasteiger partial charge in [-0.3, -0.25) is 14.3 Å². The molecule has 7 heteroatoms. The highest BCUT2D eigenvalue weighted by atomic mass is 32.2. The second-order valence-corrected chi connectivity index (χ2v) is 8.47. The van der Waals surface area contributed by atoms with Crippen molar-refractivity contribution in [3.8, 4) is 5.69 Å². The molecule has 0 aliphatic carbocycles. The molecule has 0 radical (unpaired) electrons. The maximum absolute atomic E-state index is 13.0. The Bertz CT molecular complexity index is 923. The van der Waals surface area contributed by atoms with Crippen LogP contribution in [0.2, 0.25) is 0 Å². The van der Waals surface area contributed by atoms with Crippen LogP contribution in [0.1, 0.15) is 12.5 Å². The average molecular weight is 408 g/mol. The van der Waals surface area contributed by atoms with Crippen molar-refractivity contribution in [2.24, 2.45) is 0 Å². The van der Waals surface area contributed by atoms with E-state index in [9.17, 15) is 4.79 Å². The first-order valence-corrected chi connectivity index (χ1v) is 10.8. The Labute approximate surface area is 175 Å². The summed E-state index contributed by atoms with van der Waals surface area (Å²) in [5, 5.41) is 8.78. The van der Waals surface area contributed by atoms with E-state index in [4.69, 9.17) is 0 Å². The standard InChI is InChI=1S/C22H25N5OS/c1-18(29-22-24-23-17-27(22)20-10-6-3-7-11-20)21(28)26-14-12-25(13-15-26)16-19-8-4-2-5-9-19/h2-11,17-18H,12-16H2,1H3/t18-/m0/s1. The van der Waals surface area contributed by atoms with Crippen LogP contribution in [0.3, 0.4) is 0 Å². The van der Waals surface area contributed by atoms with Crippen LogP contribution in [0.25, 0.3) is 5.69 Å². The van der Waals surface area contributed by atoms with E-state index < -0.39 is 0 Å². The SMILES string of the molecule is C[C@H](Sc1nncn1-c1ccccc1)C(=O)N1CCN(Cc2ccccc2)CC1. The molecule has 0 saturated carbocycles. The molecule has 1 fully saturated rings. The first-order chi connectivity index (χ1) is 14.2. The van der Waals surface area contributed by atoms with Gasteiger partial charge < -0.3 is 4.90 Å². The predicted octanol–water partition coefficient (Wildman–Crippen LogP) is 3.09. The smallest absolute Gasteiger partial charge is 0.235 e. The minimum Gasteiger partial charge on any atom is -0.339 e. The highest BCUT2D eigenvalue weighted by molar-refractivity contribution is 8.00. The fraction of sp³-hybridized carbons (Fsp3) is 0.318. The molecule has 2 heterocycles. The Morgan fingerprint density at radius 3 is 2.34 bits per heavy atom. The van der Waals surface area contributed by atoms with E-state index in [0.717, 1.165) is 43.6 Å². The molecule has 1 aliphatic heterocycles. The van der Waals surface area contributed by atoms with E-state index in [-0.39, 0.29) is 11.2 Å². The van der Waals surface area contributed by atoms with Crippen LogP contribution in [0.5, 0.6) is 0 Å². The van der Waals surface area contributed by atoms with Crippen LogP contribution < -0.4 is 0 Å². The summed E-state index contributed by atoms with van der Waals surface area (Å²) in [6.45, 7) is 6.22. The van der Waals surface area contributed by atoms with Gasteiger partial charge in [0.25, 0.3) is 0 Å². The summed E-state index contributed by atoms with van der Waals surface area (Å²) in [6.07, 6.45) is 1.69. The summed E-state index contributed by atoms with van der Waals surface area (Å²) >= 11 is 1.46. The lowest BCUT2D eigenvalue weighted by Gasteiger charge is -2.35. The maximum atomic E-state index is 13.0. The van der Waals surface area contributed by atoms with Gasteiger partial charge in [0, 0.05) is 38.4 Å². The summed E-state index contributed by atoms with van der Waals surface area (Å²) in [5.41, 5.74) is 2.31. The number of para-hydroxylation sites is 1. The third-order valence-electron chi connectivity index (χ3n) is 5.11. The lowest BCUT2D eigenvalue weighted by Crippen LogP contribution is -2.50. The van der Waals surface area contributed by atoms with E-state index >= 15 is 0 Å². The molecule has 0 N–H and O–H groups in total. The summed E-state index contributed by atoms with van der Waals surface area (Å²) < 4.78 is 1.92. The number of hydrogen-bond acceptors (Lipinski definition) is 5. The van der Waals surface area contributed by atoms with Crippen LogP contribution in [-0.4, -0.2) is 61.9 Å². The molecule has 1 aromatic heterocycles. The number of carbonyl (C=O) groups is 1. The number of benzene rings is 2. The molecule has 1 amide bonds. The zero-order chi connectivity index (χ0) is 20.1. The monoisotopic (exact) mass is 407 g/mol. The molecule has 29 heavy (non-hydrogen) atoms. The van der Waals surface area contributed by atoms with Crippen molar-refractivity contribution in [3.05, 3.63) is 72.6 Å². The molecule has 150 valence electrons. The Morgan fingerprint density at radius 2 is 1.66 bits per heavy atom. The number of amides is 1. The molecule has 1 atom stereocenters. The topological polar surface area (TPSA) is 54.3 Å². The van der Waals surface area contributed by atoms with Crippen molar-refractivity contribution in [3.63, 3.8) is 0 Å². The quantitative estimate of drug-likeness (QED) is 0.588. The number of aromatic nitrogens is 3. The molecule has 0 spiro atoms. The first kappa shape index (κ1) is 19.7. The lowest BCUT2D eigenvalue weighted by atomic mass is 10.2. The van der Waals surface area contributed by atoms with Crippen molar-refractivity contribution in [1.29, 1.82) is 0 Å². The third-order valence-corrected chi connectivity index (χ3v) is 6.16. The van der Waals surface area contributed by atoms with E-state index in [0.29, 0.717) is 0 Å². The van der Waals surface area contributed by atoms with Crippen molar-refractivity contribution >= 4 is 17.7 Å². The van der Waals surface area contributed by atoms with Gasteiger partial charge >= 0.3 is 0 Å². The first-order valence-electron chi connectivity index (χ1n) is 9.88. The van der Waals surface area contributed by atoms with Gasteiger partial charge in [0.15, 0.2) is 5.16 Å². The summed E-state index contributed by atoms with van der Waals surface area (Å²) in [6, 6.07) is 20.4. The molecular formula is C22H25N5OS. The van der Waals surface area contributed by atoms with Crippen molar-refractivity contribution in [1.82, 2.24) is 24.6 Å². The largest absolute Gasteiger partial charge is 0.339 e. The zero-order valence-electron chi connectivity index (χ0n) is 16.5. The van der Waals surface area contributed by atoms with Gasteiger partial charge in [-0.1, -0.05) is 60.3 Å². The van der Waals surface area contributed by atoms with Gasteiger partial charge in [0.2, 0.25) is 5.91 Å². The Morgan fingerprint density at radius 1 is 1.00 bits per heavy atom. The number of thioether (sulfide) groups is 1. The van der Waals surface area contributed by atoms with Gasteiger partial charge in [0.1, 0.15) is 6.33 Å². The van der Waals surface area contributed by atoms with Gasteiger partial charge in [-0.2, -0.15) is 0 Å². The second-order valence-electron chi connectivity index (χ2n) is 7.17. The molecule has 2 aromatic carbocycles. The fourth-order valence-corrected chi connectivity index (χ4v) is 4.43. The van der Waals surface area contributed by atoms with Crippen LogP contribution in [0.4, 0.5) is 0 Å². The van der Waals surface area contributed by atoms with Gasteiger partial charge in [0.05, 0.1) is 5.25 Å². The molecule has 0 bridgehead atoms. The normalized spacial score (nSPS) is 16.0. The maximum Gasteiger partial charge on any atom is 0.235 e. The summed E-state index contributed by atoms with van der Waals surface area (Å²) in [5.74, 6) is 0.164. The predicted molar refractivity (Wildman–Crippen MR) is 115 cm³/mol. The van der Waals surface area contributed by atoms with E-state index in [1.807, 2.05) is 52.8 Å². The summed E-state index contributed by atoms with van der Waals surface area (Å²) in [7, 11) is 0. The van der Waals surface area contributed by atoms with Crippen molar-refractivity contribution < 1.29 is 4.79 Å². The van der Waals surface area contributed by atoms with Crippen LogP contribution in [0, 0.1) is 0 Å². The number of nitrogens with zero attached hydrogens (tertiary/aromatic N) is 5. The van der Waals surface area contributed by atoms with Gasteiger partial charge in [-0.15, -0.1) is 10.2 Å². The van der Waals surface area contributed by atoms with E-state index in [1.165, 1.54) is 17.3 Å². The van der Waals surface area contributed by atoms with Crippen molar-refractivity contribution in [2.75, 3.05) is 26.2 Å². The molecular weight excluding hydrogens is 382 g/mol. The second kappa shape index (κ2) is 9.24. The highest BCUT2D eigenvalue weighted by Crippen LogP contribution is 2.25. The van der Waals surface area contributed by atoms with E-state index in [1.54, 1.807) is 6.33 Å². The van der Waals surface area contributed by atoms with E-state index in [2.05, 4.69) is 39.4 Å². The molecule has 0 unspecified atom stereocenters. The average Bonchev–Trinajstić information content (AvgIpc) is 3.23. The Kier molecular flexibility index (Phi) is 6.27. The Balaban J connectivity index is 1.32. The minimum absolute atomic E-state index is 0.164.